The topological polar surface area (TPSA) is 56.7 Å². The number of pyridine rings is 1. The summed E-state index contributed by atoms with van der Waals surface area (Å²) >= 11 is 0. The zero-order valence-corrected chi connectivity index (χ0v) is 14.8. The minimum atomic E-state index is -0.876. The molecule has 1 aliphatic heterocycles. The Labute approximate surface area is 148 Å². The molecule has 1 saturated heterocycles. The van der Waals surface area contributed by atoms with Crippen LogP contribution in [0.3, 0.4) is 0 Å². The van der Waals surface area contributed by atoms with E-state index in [1.54, 1.807) is 12.1 Å². The number of carboxylic acids is 1. The summed E-state index contributed by atoms with van der Waals surface area (Å²) < 4.78 is 0. The van der Waals surface area contributed by atoms with E-state index in [4.69, 9.17) is 5.11 Å². The molecule has 132 valence electrons. The summed E-state index contributed by atoms with van der Waals surface area (Å²) in [5, 5.41) is 9.00. The molecule has 1 fully saturated rings. The summed E-state index contributed by atoms with van der Waals surface area (Å²) in [5.74, 6) is -0.876. The Kier molecular flexibility index (Phi) is 5.46. The van der Waals surface area contributed by atoms with Gasteiger partial charge in [-0.2, -0.15) is 0 Å². The third-order valence-electron chi connectivity index (χ3n) is 4.90. The Bertz CT molecular complexity index is 691. The zero-order chi connectivity index (χ0) is 17.8. The van der Waals surface area contributed by atoms with Crippen LogP contribution in [0.5, 0.6) is 0 Å². The molecule has 5 nitrogen and oxygen atoms in total. The molecule has 1 aliphatic rings. The quantitative estimate of drug-likeness (QED) is 0.908. The predicted molar refractivity (Wildman–Crippen MR) is 97.4 cm³/mol. The molecule has 1 aromatic carbocycles. The third-order valence-corrected chi connectivity index (χ3v) is 4.90. The average Bonchev–Trinajstić information content (AvgIpc) is 2.59. The van der Waals surface area contributed by atoms with Gasteiger partial charge in [0.15, 0.2) is 0 Å². The normalized spacial score (nSPS) is 22.0. The van der Waals surface area contributed by atoms with Crippen molar-refractivity contribution in [2.75, 3.05) is 13.1 Å². The van der Waals surface area contributed by atoms with E-state index in [2.05, 4.69) is 40.8 Å². The highest BCUT2D eigenvalue weighted by atomic mass is 16.4. The predicted octanol–water partition coefficient (Wildman–Crippen LogP) is 2.87. The van der Waals surface area contributed by atoms with Crippen LogP contribution in [0.2, 0.25) is 0 Å². The molecule has 0 bridgehead atoms. The maximum Gasteiger partial charge on any atom is 0.335 e. The molecular weight excluding hydrogens is 314 g/mol. The van der Waals surface area contributed by atoms with Crippen LogP contribution in [0.25, 0.3) is 0 Å². The van der Waals surface area contributed by atoms with E-state index in [1.807, 2.05) is 24.5 Å². The number of benzene rings is 1. The summed E-state index contributed by atoms with van der Waals surface area (Å²) in [6.45, 7) is 8.38. The number of nitrogens with zero attached hydrogens (tertiary/aromatic N) is 3. The zero-order valence-electron chi connectivity index (χ0n) is 14.8. The number of piperazine rings is 1. The molecule has 0 aliphatic carbocycles. The van der Waals surface area contributed by atoms with Crippen LogP contribution in [-0.4, -0.2) is 51.0 Å². The van der Waals surface area contributed by atoms with E-state index in [-0.39, 0.29) is 0 Å². The van der Waals surface area contributed by atoms with Gasteiger partial charge in [0, 0.05) is 50.7 Å². The molecule has 1 N–H and O–H groups in total. The SMILES string of the molecule is C[C@@H]1CN(Cc2ccc(C(=O)O)cc2)C[C@H](C)N1Cc1ccncc1. The molecule has 0 unspecified atom stereocenters. The van der Waals surface area contributed by atoms with Gasteiger partial charge >= 0.3 is 5.97 Å². The van der Waals surface area contributed by atoms with E-state index in [0.29, 0.717) is 17.6 Å². The van der Waals surface area contributed by atoms with Crippen LogP contribution >= 0.6 is 0 Å². The third kappa shape index (κ3) is 4.44. The second kappa shape index (κ2) is 7.76. The highest BCUT2D eigenvalue weighted by Gasteiger charge is 2.29. The number of hydrogen-bond acceptors (Lipinski definition) is 4. The molecule has 3 rings (SSSR count). The Morgan fingerprint density at radius 3 is 2.12 bits per heavy atom. The minimum absolute atomic E-state index is 0.340. The number of aromatic carboxylic acids is 1. The van der Waals surface area contributed by atoms with E-state index in [1.165, 1.54) is 5.56 Å². The fourth-order valence-corrected chi connectivity index (χ4v) is 3.62. The van der Waals surface area contributed by atoms with E-state index in [0.717, 1.165) is 31.7 Å². The average molecular weight is 339 g/mol. The highest BCUT2D eigenvalue weighted by Crippen LogP contribution is 2.20. The first-order chi connectivity index (χ1) is 12.0. The summed E-state index contributed by atoms with van der Waals surface area (Å²) in [5.41, 5.74) is 2.80. The second-order valence-electron chi connectivity index (χ2n) is 6.92. The van der Waals surface area contributed by atoms with Crippen LogP contribution in [0.1, 0.15) is 35.3 Å². The number of hydrogen-bond donors (Lipinski definition) is 1. The maximum atomic E-state index is 11.0. The molecule has 2 aromatic rings. The molecule has 0 radical (unpaired) electrons. The number of aromatic nitrogens is 1. The van der Waals surface area contributed by atoms with Crippen LogP contribution in [-0.2, 0) is 13.1 Å². The summed E-state index contributed by atoms with van der Waals surface area (Å²) in [6, 6.07) is 12.3. The van der Waals surface area contributed by atoms with E-state index in [9.17, 15) is 4.79 Å². The molecule has 2 heterocycles. The van der Waals surface area contributed by atoms with E-state index >= 15 is 0 Å². The molecule has 5 heteroatoms. The van der Waals surface area contributed by atoms with Crippen LogP contribution in [0.15, 0.2) is 48.8 Å². The first-order valence-corrected chi connectivity index (χ1v) is 8.72. The second-order valence-corrected chi connectivity index (χ2v) is 6.92. The first kappa shape index (κ1) is 17.6. The number of rotatable bonds is 5. The van der Waals surface area contributed by atoms with Crippen molar-refractivity contribution in [3.8, 4) is 0 Å². The van der Waals surface area contributed by atoms with Crippen LogP contribution in [0.4, 0.5) is 0 Å². The van der Waals surface area contributed by atoms with Crippen LogP contribution < -0.4 is 0 Å². The van der Waals surface area contributed by atoms with Crippen molar-refractivity contribution in [1.29, 1.82) is 0 Å². The van der Waals surface area contributed by atoms with Gasteiger partial charge in [0.1, 0.15) is 0 Å². The lowest BCUT2D eigenvalue weighted by Crippen LogP contribution is -2.55. The monoisotopic (exact) mass is 339 g/mol. The van der Waals surface area contributed by atoms with Crippen molar-refractivity contribution < 1.29 is 9.90 Å². The van der Waals surface area contributed by atoms with Gasteiger partial charge in [-0.15, -0.1) is 0 Å². The maximum absolute atomic E-state index is 11.0. The molecule has 0 saturated carbocycles. The number of carboxylic acid groups (broad SMARTS) is 1. The first-order valence-electron chi connectivity index (χ1n) is 8.72. The van der Waals surface area contributed by atoms with Crippen molar-refractivity contribution in [1.82, 2.24) is 14.8 Å². The number of carbonyl (C=O) groups is 1. The summed E-state index contributed by atoms with van der Waals surface area (Å²) in [4.78, 5) is 20.0. The van der Waals surface area contributed by atoms with Crippen molar-refractivity contribution in [3.63, 3.8) is 0 Å². The smallest absolute Gasteiger partial charge is 0.335 e. The molecular formula is C20H25N3O2. The van der Waals surface area contributed by atoms with Crippen molar-refractivity contribution in [2.45, 2.75) is 39.0 Å². The van der Waals surface area contributed by atoms with Gasteiger partial charge in [-0.25, -0.2) is 4.79 Å². The van der Waals surface area contributed by atoms with Gasteiger partial charge in [-0.1, -0.05) is 12.1 Å². The van der Waals surface area contributed by atoms with Gasteiger partial charge in [0.05, 0.1) is 5.56 Å². The van der Waals surface area contributed by atoms with E-state index < -0.39 is 5.97 Å². The Balaban J connectivity index is 1.60. The summed E-state index contributed by atoms with van der Waals surface area (Å²) in [7, 11) is 0. The summed E-state index contributed by atoms with van der Waals surface area (Å²) in [6.07, 6.45) is 3.70. The van der Waals surface area contributed by atoms with Gasteiger partial charge in [-0.05, 0) is 49.2 Å². The Morgan fingerprint density at radius 2 is 1.56 bits per heavy atom. The Hall–Kier alpha value is -2.24. The fourth-order valence-electron chi connectivity index (χ4n) is 3.62. The largest absolute Gasteiger partial charge is 0.478 e. The Morgan fingerprint density at radius 1 is 1.00 bits per heavy atom. The van der Waals surface area contributed by atoms with Crippen molar-refractivity contribution in [3.05, 3.63) is 65.5 Å². The molecule has 0 amide bonds. The fraction of sp³-hybridized carbons (Fsp3) is 0.400. The minimum Gasteiger partial charge on any atom is -0.478 e. The van der Waals surface area contributed by atoms with Crippen molar-refractivity contribution in [2.24, 2.45) is 0 Å². The lowest BCUT2D eigenvalue weighted by atomic mass is 10.0. The van der Waals surface area contributed by atoms with Crippen LogP contribution in [0, 0.1) is 0 Å². The standard InChI is InChI=1S/C20H25N3O2/c1-15-11-22(13-17-3-5-19(6-4-17)20(24)25)12-16(2)23(15)14-18-7-9-21-10-8-18/h3-10,15-16H,11-14H2,1-2H3,(H,24,25)/t15-,16+. The lowest BCUT2D eigenvalue weighted by Gasteiger charge is -2.44. The molecule has 1 aromatic heterocycles. The molecule has 25 heavy (non-hydrogen) atoms. The van der Waals surface area contributed by atoms with Gasteiger partial charge < -0.3 is 5.11 Å². The molecule has 2 atom stereocenters. The van der Waals surface area contributed by atoms with Gasteiger partial charge in [0.25, 0.3) is 0 Å². The lowest BCUT2D eigenvalue weighted by molar-refractivity contribution is 0.0290. The van der Waals surface area contributed by atoms with Crippen molar-refractivity contribution >= 4 is 5.97 Å². The highest BCUT2D eigenvalue weighted by molar-refractivity contribution is 5.87. The van der Waals surface area contributed by atoms with Gasteiger partial charge in [0.2, 0.25) is 0 Å². The molecule has 0 spiro atoms. The van der Waals surface area contributed by atoms with Gasteiger partial charge in [-0.3, -0.25) is 14.8 Å².